The Morgan fingerprint density at radius 2 is 1.12 bits per heavy atom. The van der Waals surface area contributed by atoms with E-state index in [1.54, 1.807) is 0 Å². The molecule has 126 valence electrons. The van der Waals surface area contributed by atoms with E-state index < -0.39 is 5.60 Å². The number of benzene rings is 3. The Morgan fingerprint density at radius 3 is 1.68 bits per heavy atom. The molecular formula is C23H23NO. The van der Waals surface area contributed by atoms with Crippen molar-refractivity contribution in [3.8, 4) is 0 Å². The molecule has 2 nitrogen and oxygen atoms in total. The molecule has 0 radical (unpaired) electrons. The maximum Gasteiger partial charge on any atom is 0.142 e. The average molecular weight is 329 g/mol. The summed E-state index contributed by atoms with van der Waals surface area (Å²) in [6.07, 6.45) is 2.42. The molecule has 0 atom stereocenters. The maximum atomic E-state index is 12.0. The monoisotopic (exact) mass is 329 g/mol. The van der Waals surface area contributed by atoms with Crippen LogP contribution in [-0.2, 0) is 5.60 Å². The van der Waals surface area contributed by atoms with Gasteiger partial charge in [-0.3, -0.25) is 0 Å². The predicted octanol–water partition coefficient (Wildman–Crippen LogP) is 4.57. The summed E-state index contributed by atoms with van der Waals surface area (Å²) in [6, 6.07) is 28.2. The number of para-hydroxylation sites is 1. The van der Waals surface area contributed by atoms with Crippen LogP contribution in [0.3, 0.4) is 0 Å². The first-order valence-corrected chi connectivity index (χ1v) is 8.98. The van der Waals surface area contributed by atoms with Crippen molar-refractivity contribution in [3.05, 3.63) is 102 Å². The molecule has 1 fully saturated rings. The van der Waals surface area contributed by atoms with Gasteiger partial charge in [-0.15, -0.1) is 0 Å². The Labute approximate surface area is 149 Å². The molecule has 0 bridgehead atoms. The van der Waals surface area contributed by atoms with Crippen LogP contribution < -0.4 is 4.90 Å². The summed E-state index contributed by atoms with van der Waals surface area (Å²) in [4.78, 5) is 2.40. The first-order valence-electron chi connectivity index (χ1n) is 8.98. The molecule has 1 heterocycles. The van der Waals surface area contributed by atoms with Gasteiger partial charge in [0.15, 0.2) is 0 Å². The van der Waals surface area contributed by atoms with E-state index in [0.29, 0.717) is 0 Å². The van der Waals surface area contributed by atoms with Gasteiger partial charge in [0.25, 0.3) is 0 Å². The van der Waals surface area contributed by atoms with Gasteiger partial charge in [-0.2, -0.15) is 0 Å². The van der Waals surface area contributed by atoms with Crippen molar-refractivity contribution < 1.29 is 5.11 Å². The Balaban J connectivity index is 1.94. The maximum absolute atomic E-state index is 12.0. The molecule has 1 saturated heterocycles. The zero-order valence-electron chi connectivity index (χ0n) is 14.3. The fourth-order valence-corrected chi connectivity index (χ4v) is 3.85. The van der Waals surface area contributed by atoms with E-state index in [0.717, 1.165) is 35.5 Å². The third-order valence-corrected chi connectivity index (χ3v) is 5.12. The van der Waals surface area contributed by atoms with Crippen LogP contribution in [0.1, 0.15) is 29.5 Å². The van der Waals surface area contributed by atoms with E-state index >= 15 is 0 Å². The van der Waals surface area contributed by atoms with E-state index in [2.05, 4.69) is 23.1 Å². The van der Waals surface area contributed by atoms with E-state index in [-0.39, 0.29) is 0 Å². The first-order chi connectivity index (χ1) is 12.3. The van der Waals surface area contributed by atoms with Crippen molar-refractivity contribution in [2.75, 3.05) is 18.0 Å². The minimum Gasteiger partial charge on any atom is -0.376 e. The van der Waals surface area contributed by atoms with Crippen LogP contribution in [0.15, 0.2) is 84.9 Å². The standard InChI is InChI=1S/C23H23NO/c25-23(19-11-3-1-4-12-19,20-13-5-2-6-14-20)21-15-7-8-16-22(21)24-17-9-10-18-24/h1-8,11-16,25H,9-10,17-18H2. The van der Waals surface area contributed by atoms with Gasteiger partial charge in [-0.1, -0.05) is 78.9 Å². The average Bonchev–Trinajstić information content (AvgIpc) is 3.23. The quantitative estimate of drug-likeness (QED) is 0.709. The second-order valence-corrected chi connectivity index (χ2v) is 6.65. The van der Waals surface area contributed by atoms with Crippen LogP contribution in [0.25, 0.3) is 0 Å². The molecule has 0 aliphatic carbocycles. The Morgan fingerprint density at radius 1 is 0.640 bits per heavy atom. The highest BCUT2D eigenvalue weighted by molar-refractivity contribution is 5.62. The van der Waals surface area contributed by atoms with Crippen LogP contribution in [0.4, 0.5) is 5.69 Å². The second kappa shape index (κ2) is 6.73. The summed E-state index contributed by atoms with van der Waals surface area (Å²) < 4.78 is 0. The molecule has 1 aliphatic rings. The van der Waals surface area contributed by atoms with E-state index in [1.165, 1.54) is 12.8 Å². The largest absolute Gasteiger partial charge is 0.376 e. The zero-order chi connectivity index (χ0) is 17.1. The summed E-state index contributed by atoms with van der Waals surface area (Å²) in [6.45, 7) is 2.10. The van der Waals surface area contributed by atoms with Gasteiger partial charge in [0.1, 0.15) is 5.60 Å². The van der Waals surface area contributed by atoms with Gasteiger partial charge in [0, 0.05) is 24.3 Å². The number of nitrogens with zero attached hydrogens (tertiary/aromatic N) is 1. The smallest absolute Gasteiger partial charge is 0.142 e. The second-order valence-electron chi connectivity index (χ2n) is 6.65. The lowest BCUT2D eigenvalue weighted by molar-refractivity contribution is 0.126. The predicted molar refractivity (Wildman–Crippen MR) is 103 cm³/mol. The lowest BCUT2D eigenvalue weighted by Gasteiger charge is -2.34. The third-order valence-electron chi connectivity index (χ3n) is 5.12. The summed E-state index contributed by atoms with van der Waals surface area (Å²) in [5, 5.41) is 12.0. The van der Waals surface area contributed by atoms with Crippen molar-refractivity contribution >= 4 is 5.69 Å². The molecule has 0 unspecified atom stereocenters. The number of hydrogen-bond donors (Lipinski definition) is 1. The highest BCUT2D eigenvalue weighted by Gasteiger charge is 2.36. The van der Waals surface area contributed by atoms with Crippen LogP contribution in [0.2, 0.25) is 0 Å². The van der Waals surface area contributed by atoms with Gasteiger partial charge in [0.2, 0.25) is 0 Å². The zero-order valence-corrected chi connectivity index (χ0v) is 14.3. The van der Waals surface area contributed by atoms with E-state index in [1.807, 2.05) is 66.7 Å². The summed E-state index contributed by atoms with van der Waals surface area (Å²) in [7, 11) is 0. The lowest BCUT2D eigenvalue weighted by Crippen LogP contribution is -2.32. The molecular weight excluding hydrogens is 306 g/mol. The van der Waals surface area contributed by atoms with Gasteiger partial charge in [0.05, 0.1) is 0 Å². The molecule has 2 heteroatoms. The van der Waals surface area contributed by atoms with Gasteiger partial charge >= 0.3 is 0 Å². The SMILES string of the molecule is OC(c1ccccc1)(c1ccccc1)c1ccccc1N1CCCC1. The first kappa shape index (κ1) is 15.9. The van der Waals surface area contributed by atoms with Crippen LogP contribution in [0, 0.1) is 0 Å². The Hall–Kier alpha value is -2.58. The van der Waals surface area contributed by atoms with Crippen LogP contribution >= 0.6 is 0 Å². The van der Waals surface area contributed by atoms with Crippen LogP contribution in [-0.4, -0.2) is 18.2 Å². The number of aliphatic hydroxyl groups is 1. The van der Waals surface area contributed by atoms with Crippen molar-refractivity contribution in [1.29, 1.82) is 0 Å². The van der Waals surface area contributed by atoms with Crippen LogP contribution in [0.5, 0.6) is 0 Å². The molecule has 3 aromatic carbocycles. The molecule has 1 N–H and O–H groups in total. The highest BCUT2D eigenvalue weighted by Crippen LogP contribution is 2.41. The van der Waals surface area contributed by atoms with E-state index in [4.69, 9.17) is 0 Å². The van der Waals surface area contributed by atoms with Gasteiger partial charge < -0.3 is 10.0 Å². The van der Waals surface area contributed by atoms with Gasteiger partial charge in [-0.25, -0.2) is 0 Å². The molecule has 0 spiro atoms. The molecule has 0 aromatic heterocycles. The molecule has 4 rings (SSSR count). The van der Waals surface area contributed by atoms with Crippen molar-refractivity contribution in [3.63, 3.8) is 0 Å². The van der Waals surface area contributed by atoms with Crippen molar-refractivity contribution in [2.24, 2.45) is 0 Å². The summed E-state index contributed by atoms with van der Waals surface area (Å²) in [5.74, 6) is 0. The molecule has 1 aliphatic heterocycles. The fraction of sp³-hybridized carbons (Fsp3) is 0.217. The Bertz CT molecular complexity index is 783. The van der Waals surface area contributed by atoms with Crippen molar-refractivity contribution in [1.82, 2.24) is 0 Å². The number of hydrogen-bond acceptors (Lipinski definition) is 2. The highest BCUT2D eigenvalue weighted by atomic mass is 16.3. The summed E-state index contributed by atoms with van der Waals surface area (Å²) in [5.41, 5.74) is 2.71. The minimum absolute atomic E-state index is 0.896. The lowest BCUT2D eigenvalue weighted by atomic mass is 9.79. The Kier molecular flexibility index (Phi) is 4.29. The third kappa shape index (κ3) is 2.83. The molecule has 25 heavy (non-hydrogen) atoms. The normalized spacial score (nSPS) is 14.7. The van der Waals surface area contributed by atoms with E-state index in [9.17, 15) is 5.11 Å². The molecule has 3 aromatic rings. The number of rotatable bonds is 4. The summed E-state index contributed by atoms with van der Waals surface area (Å²) >= 11 is 0. The molecule has 0 saturated carbocycles. The van der Waals surface area contributed by atoms with Gasteiger partial charge in [-0.05, 0) is 30.0 Å². The molecule has 0 amide bonds. The minimum atomic E-state index is -1.16. The fourth-order valence-electron chi connectivity index (χ4n) is 3.85. The topological polar surface area (TPSA) is 23.5 Å². The number of anilines is 1. The van der Waals surface area contributed by atoms with Crippen molar-refractivity contribution in [2.45, 2.75) is 18.4 Å².